The third kappa shape index (κ3) is 4.12. The van der Waals surface area contributed by atoms with E-state index in [-0.39, 0.29) is 30.6 Å². The number of amides is 2. The van der Waals surface area contributed by atoms with Crippen LogP contribution in [0.2, 0.25) is 0 Å². The molecule has 1 N–H and O–H groups in total. The minimum absolute atomic E-state index is 0.0363. The van der Waals surface area contributed by atoms with Gasteiger partial charge in [0.15, 0.2) is 9.84 Å². The number of hydrogen-bond donors (Lipinski definition) is 1. The Labute approximate surface area is 145 Å². The zero-order valence-electron chi connectivity index (χ0n) is 13.4. The van der Waals surface area contributed by atoms with Gasteiger partial charge in [-0.05, 0) is 13.0 Å². The van der Waals surface area contributed by atoms with Crippen LogP contribution < -0.4 is 5.32 Å². The van der Waals surface area contributed by atoms with Crippen LogP contribution in [0.25, 0.3) is 10.6 Å². The summed E-state index contributed by atoms with van der Waals surface area (Å²) in [4.78, 5) is 18.2. The molecule has 1 saturated heterocycles. The number of carbonyl (C=O) groups is 1. The number of rotatable bonds is 3. The van der Waals surface area contributed by atoms with E-state index in [2.05, 4.69) is 16.4 Å². The van der Waals surface area contributed by atoms with Gasteiger partial charge in [-0.1, -0.05) is 23.8 Å². The number of nitrogens with zero attached hydrogens (tertiary/aromatic N) is 2. The van der Waals surface area contributed by atoms with Crippen molar-refractivity contribution in [3.05, 3.63) is 40.9 Å². The molecular formula is C16H19N3O3S2. The fourth-order valence-electron chi connectivity index (χ4n) is 2.49. The quantitative estimate of drug-likeness (QED) is 0.903. The average Bonchev–Trinajstić information content (AvgIpc) is 3.01. The van der Waals surface area contributed by atoms with Gasteiger partial charge in [0.1, 0.15) is 5.01 Å². The van der Waals surface area contributed by atoms with Crippen LogP contribution >= 0.6 is 11.3 Å². The summed E-state index contributed by atoms with van der Waals surface area (Å²) in [6, 6.07) is 7.89. The number of aromatic nitrogens is 1. The number of benzene rings is 1. The molecule has 2 heterocycles. The molecule has 0 saturated carbocycles. The lowest BCUT2D eigenvalue weighted by Crippen LogP contribution is -2.48. The first kappa shape index (κ1) is 16.9. The molecule has 128 valence electrons. The van der Waals surface area contributed by atoms with E-state index in [1.54, 1.807) is 11.3 Å². The van der Waals surface area contributed by atoms with Gasteiger partial charge in [-0.2, -0.15) is 0 Å². The van der Waals surface area contributed by atoms with Crippen molar-refractivity contribution in [3.8, 4) is 10.6 Å². The Balaban J connectivity index is 1.57. The van der Waals surface area contributed by atoms with Crippen molar-refractivity contribution in [2.24, 2.45) is 0 Å². The van der Waals surface area contributed by atoms with Crippen molar-refractivity contribution in [2.75, 3.05) is 24.6 Å². The van der Waals surface area contributed by atoms with Crippen LogP contribution in [0, 0.1) is 6.92 Å². The molecule has 0 radical (unpaired) electrons. The molecule has 6 nitrogen and oxygen atoms in total. The van der Waals surface area contributed by atoms with Gasteiger partial charge in [-0.15, -0.1) is 11.3 Å². The molecule has 0 bridgehead atoms. The van der Waals surface area contributed by atoms with E-state index < -0.39 is 9.84 Å². The van der Waals surface area contributed by atoms with E-state index in [0.717, 1.165) is 16.3 Å². The maximum Gasteiger partial charge on any atom is 0.317 e. The Bertz CT molecular complexity index is 832. The normalized spacial score (nSPS) is 16.8. The summed E-state index contributed by atoms with van der Waals surface area (Å²) < 4.78 is 22.8. The van der Waals surface area contributed by atoms with Crippen LogP contribution in [-0.2, 0) is 16.4 Å². The molecule has 0 unspecified atom stereocenters. The fraction of sp³-hybridized carbons (Fsp3) is 0.375. The Kier molecular flexibility index (Phi) is 4.86. The highest BCUT2D eigenvalue weighted by atomic mass is 32.2. The Morgan fingerprint density at radius 3 is 2.79 bits per heavy atom. The molecule has 1 aliphatic rings. The largest absolute Gasteiger partial charge is 0.332 e. The zero-order valence-corrected chi connectivity index (χ0v) is 15.0. The van der Waals surface area contributed by atoms with Crippen LogP contribution in [0.5, 0.6) is 0 Å². The highest BCUT2D eigenvalue weighted by molar-refractivity contribution is 7.91. The summed E-state index contributed by atoms with van der Waals surface area (Å²) in [5, 5.41) is 5.66. The average molecular weight is 365 g/mol. The lowest BCUT2D eigenvalue weighted by atomic mass is 10.1. The number of thiazole rings is 1. The smallest absolute Gasteiger partial charge is 0.317 e. The molecule has 1 aromatic heterocycles. The van der Waals surface area contributed by atoms with Crippen LogP contribution in [0.4, 0.5) is 4.79 Å². The number of aryl methyl sites for hydroxylation is 1. The molecule has 24 heavy (non-hydrogen) atoms. The predicted octanol–water partition coefficient (Wildman–Crippen LogP) is 2.06. The summed E-state index contributed by atoms with van der Waals surface area (Å²) in [5.41, 5.74) is 3.05. The molecule has 0 spiro atoms. The molecule has 2 aromatic rings. The second-order valence-electron chi connectivity index (χ2n) is 5.81. The Morgan fingerprint density at radius 1 is 1.33 bits per heavy atom. The standard InChI is InChI=1S/C16H19N3O3S2/c1-12-3-2-4-13(9-12)15-18-14(11-23-15)10-17-16(20)19-5-7-24(21,22)8-6-19/h2-4,9,11H,5-8,10H2,1H3,(H,17,20). The fourth-order valence-corrected chi connectivity index (χ4v) is 4.51. The number of carbonyl (C=O) groups excluding carboxylic acids is 1. The van der Waals surface area contributed by atoms with Gasteiger partial charge >= 0.3 is 6.03 Å². The van der Waals surface area contributed by atoms with Crippen LogP contribution in [-0.4, -0.2) is 48.9 Å². The first-order valence-corrected chi connectivity index (χ1v) is 10.4. The Morgan fingerprint density at radius 2 is 2.08 bits per heavy atom. The monoisotopic (exact) mass is 365 g/mol. The highest BCUT2D eigenvalue weighted by Gasteiger charge is 2.24. The number of urea groups is 1. The third-order valence-corrected chi connectivity index (χ3v) is 6.42. The van der Waals surface area contributed by atoms with Gasteiger partial charge in [0, 0.05) is 24.0 Å². The minimum atomic E-state index is -2.98. The topological polar surface area (TPSA) is 79.4 Å². The van der Waals surface area contributed by atoms with Gasteiger partial charge in [0.25, 0.3) is 0 Å². The van der Waals surface area contributed by atoms with E-state index in [1.165, 1.54) is 10.5 Å². The van der Waals surface area contributed by atoms with Crippen molar-refractivity contribution >= 4 is 27.2 Å². The summed E-state index contributed by atoms with van der Waals surface area (Å²) in [6.07, 6.45) is 0. The third-order valence-electron chi connectivity index (χ3n) is 3.87. The van der Waals surface area contributed by atoms with Crippen molar-refractivity contribution in [1.82, 2.24) is 15.2 Å². The summed E-state index contributed by atoms with van der Waals surface area (Å²) in [6.45, 7) is 2.88. The number of hydrogen-bond acceptors (Lipinski definition) is 5. The molecule has 3 rings (SSSR count). The van der Waals surface area contributed by atoms with Crippen LogP contribution in [0.3, 0.4) is 0 Å². The van der Waals surface area contributed by atoms with Gasteiger partial charge in [-0.25, -0.2) is 18.2 Å². The van der Waals surface area contributed by atoms with E-state index in [0.29, 0.717) is 6.54 Å². The molecule has 1 fully saturated rings. The summed E-state index contributed by atoms with van der Waals surface area (Å²) >= 11 is 1.54. The van der Waals surface area contributed by atoms with Gasteiger partial charge < -0.3 is 10.2 Å². The van der Waals surface area contributed by atoms with E-state index in [9.17, 15) is 13.2 Å². The maximum atomic E-state index is 12.1. The first-order valence-electron chi connectivity index (χ1n) is 7.68. The number of nitrogens with one attached hydrogen (secondary N) is 1. The maximum absolute atomic E-state index is 12.1. The first-order chi connectivity index (χ1) is 11.4. The van der Waals surface area contributed by atoms with E-state index in [4.69, 9.17) is 0 Å². The molecular weight excluding hydrogens is 346 g/mol. The highest BCUT2D eigenvalue weighted by Crippen LogP contribution is 2.24. The van der Waals surface area contributed by atoms with E-state index in [1.807, 2.05) is 30.5 Å². The second-order valence-corrected chi connectivity index (χ2v) is 8.97. The van der Waals surface area contributed by atoms with Gasteiger partial charge in [0.2, 0.25) is 0 Å². The molecule has 1 aromatic carbocycles. The molecule has 0 aliphatic carbocycles. The van der Waals surface area contributed by atoms with Gasteiger partial charge in [0.05, 0.1) is 23.7 Å². The predicted molar refractivity (Wildman–Crippen MR) is 94.7 cm³/mol. The summed E-state index contributed by atoms with van der Waals surface area (Å²) in [7, 11) is -2.98. The molecule has 2 amide bonds. The van der Waals surface area contributed by atoms with Crippen molar-refractivity contribution in [3.63, 3.8) is 0 Å². The molecule has 1 aliphatic heterocycles. The SMILES string of the molecule is Cc1cccc(-c2nc(CNC(=O)N3CCS(=O)(=O)CC3)cs2)c1. The van der Waals surface area contributed by atoms with Crippen LogP contribution in [0.1, 0.15) is 11.3 Å². The van der Waals surface area contributed by atoms with E-state index >= 15 is 0 Å². The van der Waals surface area contributed by atoms with Gasteiger partial charge in [-0.3, -0.25) is 0 Å². The second kappa shape index (κ2) is 6.90. The van der Waals surface area contributed by atoms with Crippen molar-refractivity contribution < 1.29 is 13.2 Å². The van der Waals surface area contributed by atoms with Crippen LogP contribution in [0.15, 0.2) is 29.6 Å². The van der Waals surface area contributed by atoms with Crippen molar-refractivity contribution in [1.29, 1.82) is 0 Å². The lowest BCUT2D eigenvalue weighted by molar-refractivity contribution is 0.201. The minimum Gasteiger partial charge on any atom is -0.332 e. The zero-order chi connectivity index (χ0) is 17.2. The number of sulfone groups is 1. The lowest BCUT2D eigenvalue weighted by Gasteiger charge is -2.26. The molecule has 0 atom stereocenters. The molecule has 8 heteroatoms. The Hall–Kier alpha value is -1.93. The van der Waals surface area contributed by atoms with Crippen molar-refractivity contribution in [2.45, 2.75) is 13.5 Å². The summed E-state index contributed by atoms with van der Waals surface area (Å²) in [5.74, 6) is 0.0727.